The first-order chi connectivity index (χ1) is 12.0. The molecule has 6 heteroatoms. The molecule has 0 unspecified atom stereocenters. The van der Waals surface area contributed by atoms with Crippen molar-refractivity contribution in [3.8, 4) is 11.5 Å². The second kappa shape index (κ2) is 8.92. The van der Waals surface area contributed by atoms with E-state index in [1.54, 1.807) is 33.4 Å². The molecule has 0 atom stereocenters. The summed E-state index contributed by atoms with van der Waals surface area (Å²) in [6, 6.07) is 11.7. The van der Waals surface area contributed by atoms with E-state index in [4.69, 9.17) is 9.47 Å². The summed E-state index contributed by atoms with van der Waals surface area (Å²) < 4.78 is 23.7. The Kier molecular flexibility index (Phi) is 6.62. The van der Waals surface area contributed by atoms with E-state index in [2.05, 4.69) is 5.32 Å². The Labute approximate surface area is 147 Å². The number of hydrogen-bond donors (Lipinski definition) is 1. The lowest BCUT2D eigenvalue weighted by Gasteiger charge is -2.18. The highest BCUT2D eigenvalue weighted by molar-refractivity contribution is 5.73. The van der Waals surface area contributed by atoms with Crippen LogP contribution >= 0.6 is 0 Å². The molecule has 2 aromatic rings. The number of methoxy groups -OCH3 is 2. The minimum atomic E-state index is -0.306. The second-order valence-corrected chi connectivity index (χ2v) is 5.66. The summed E-state index contributed by atoms with van der Waals surface area (Å²) in [6.07, 6.45) is 0.667. The maximum absolute atomic E-state index is 13.2. The van der Waals surface area contributed by atoms with E-state index >= 15 is 0 Å². The SMILES string of the molecule is COc1ccc(CCNC(=O)N(C)Cc2cccc(F)c2)cc1OC. The largest absolute Gasteiger partial charge is 0.493 e. The average Bonchev–Trinajstić information content (AvgIpc) is 2.61. The van der Waals surface area contributed by atoms with Crippen molar-refractivity contribution in [3.63, 3.8) is 0 Å². The summed E-state index contributed by atoms with van der Waals surface area (Å²) in [7, 11) is 4.85. The first-order valence-corrected chi connectivity index (χ1v) is 7.97. The highest BCUT2D eigenvalue weighted by Gasteiger charge is 2.10. The molecule has 0 bridgehead atoms. The highest BCUT2D eigenvalue weighted by atomic mass is 19.1. The van der Waals surface area contributed by atoms with E-state index in [9.17, 15) is 9.18 Å². The molecule has 0 heterocycles. The molecule has 2 rings (SSSR count). The van der Waals surface area contributed by atoms with E-state index in [0.29, 0.717) is 31.0 Å². The number of ether oxygens (including phenoxy) is 2. The number of nitrogens with zero attached hydrogens (tertiary/aromatic N) is 1. The van der Waals surface area contributed by atoms with E-state index in [-0.39, 0.29) is 11.8 Å². The van der Waals surface area contributed by atoms with Gasteiger partial charge in [-0.15, -0.1) is 0 Å². The molecule has 0 aliphatic carbocycles. The molecule has 0 spiro atoms. The zero-order valence-electron chi connectivity index (χ0n) is 14.7. The van der Waals surface area contributed by atoms with Crippen LogP contribution in [0.25, 0.3) is 0 Å². The topological polar surface area (TPSA) is 50.8 Å². The highest BCUT2D eigenvalue weighted by Crippen LogP contribution is 2.27. The Bertz CT molecular complexity index is 722. The molecule has 25 heavy (non-hydrogen) atoms. The van der Waals surface area contributed by atoms with Gasteiger partial charge in [-0.1, -0.05) is 18.2 Å². The van der Waals surface area contributed by atoms with Gasteiger partial charge in [0.2, 0.25) is 0 Å². The third-order valence-corrected chi connectivity index (χ3v) is 3.79. The summed E-state index contributed by atoms with van der Waals surface area (Å²) in [5, 5.41) is 2.85. The summed E-state index contributed by atoms with van der Waals surface area (Å²) in [5.74, 6) is 1.03. The van der Waals surface area contributed by atoms with Crippen LogP contribution in [0.2, 0.25) is 0 Å². The fraction of sp³-hybridized carbons (Fsp3) is 0.316. The molecule has 5 nitrogen and oxygen atoms in total. The fourth-order valence-electron chi connectivity index (χ4n) is 2.47. The molecule has 2 aromatic carbocycles. The first-order valence-electron chi connectivity index (χ1n) is 7.97. The first kappa shape index (κ1) is 18.6. The van der Waals surface area contributed by atoms with Gasteiger partial charge < -0.3 is 19.7 Å². The van der Waals surface area contributed by atoms with Gasteiger partial charge in [-0.2, -0.15) is 0 Å². The van der Waals surface area contributed by atoms with Crippen molar-refractivity contribution >= 4 is 6.03 Å². The lowest BCUT2D eigenvalue weighted by atomic mass is 10.1. The van der Waals surface area contributed by atoms with Crippen molar-refractivity contribution in [3.05, 3.63) is 59.4 Å². The number of carbonyl (C=O) groups is 1. The van der Waals surface area contributed by atoms with Crippen molar-refractivity contribution < 1.29 is 18.7 Å². The van der Waals surface area contributed by atoms with Crippen molar-refractivity contribution in [2.45, 2.75) is 13.0 Å². The maximum Gasteiger partial charge on any atom is 0.317 e. The molecule has 0 aliphatic heterocycles. The predicted octanol–water partition coefficient (Wildman–Crippen LogP) is 3.23. The molecule has 0 aromatic heterocycles. The molecule has 0 saturated carbocycles. The van der Waals surface area contributed by atoms with Gasteiger partial charge in [0.15, 0.2) is 11.5 Å². The fourth-order valence-corrected chi connectivity index (χ4v) is 2.47. The minimum absolute atomic E-state index is 0.204. The molecule has 2 amide bonds. The number of carbonyl (C=O) groups excluding carboxylic acids is 1. The van der Waals surface area contributed by atoms with Crippen molar-refractivity contribution in [1.29, 1.82) is 0 Å². The van der Waals surface area contributed by atoms with Gasteiger partial charge in [0.05, 0.1) is 14.2 Å². The van der Waals surface area contributed by atoms with Gasteiger partial charge in [0, 0.05) is 20.1 Å². The van der Waals surface area contributed by atoms with Crippen LogP contribution in [-0.2, 0) is 13.0 Å². The lowest BCUT2D eigenvalue weighted by molar-refractivity contribution is 0.207. The summed E-state index contributed by atoms with van der Waals surface area (Å²) in [6.45, 7) is 0.835. The summed E-state index contributed by atoms with van der Waals surface area (Å²) in [4.78, 5) is 13.6. The van der Waals surface area contributed by atoms with Crippen LogP contribution in [0.4, 0.5) is 9.18 Å². The monoisotopic (exact) mass is 346 g/mol. The zero-order valence-corrected chi connectivity index (χ0v) is 14.7. The molecule has 0 saturated heterocycles. The number of benzene rings is 2. The van der Waals surface area contributed by atoms with E-state index in [1.807, 2.05) is 18.2 Å². The molecular formula is C19H23FN2O3. The molecule has 134 valence electrons. The third kappa shape index (κ3) is 5.38. The molecule has 0 radical (unpaired) electrons. The quantitative estimate of drug-likeness (QED) is 0.837. The van der Waals surface area contributed by atoms with Gasteiger partial charge in [0.25, 0.3) is 0 Å². The number of rotatable bonds is 7. The Morgan fingerprint density at radius 2 is 1.84 bits per heavy atom. The van der Waals surface area contributed by atoms with Crippen molar-refractivity contribution in [1.82, 2.24) is 10.2 Å². The Morgan fingerprint density at radius 1 is 1.08 bits per heavy atom. The number of halogens is 1. The van der Waals surface area contributed by atoms with Gasteiger partial charge in [-0.05, 0) is 41.8 Å². The van der Waals surface area contributed by atoms with Crippen molar-refractivity contribution in [2.75, 3.05) is 27.8 Å². The van der Waals surface area contributed by atoms with E-state index < -0.39 is 0 Å². The lowest BCUT2D eigenvalue weighted by Crippen LogP contribution is -2.37. The Morgan fingerprint density at radius 3 is 2.52 bits per heavy atom. The van der Waals surface area contributed by atoms with Crippen LogP contribution in [0.3, 0.4) is 0 Å². The number of amides is 2. The van der Waals surface area contributed by atoms with Crippen LogP contribution in [-0.4, -0.2) is 38.7 Å². The third-order valence-electron chi connectivity index (χ3n) is 3.79. The number of urea groups is 1. The standard InChI is InChI=1S/C19H23FN2O3/c1-22(13-15-5-4-6-16(20)11-15)19(23)21-10-9-14-7-8-17(24-2)18(12-14)25-3/h4-8,11-12H,9-10,13H2,1-3H3,(H,21,23). The molecule has 0 aliphatic rings. The van der Waals surface area contributed by atoms with Gasteiger partial charge >= 0.3 is 6.03 Å². The Hall–Kier alpha value is -2.76. The van der Waals surface area contributed by atoms with E-state index in [1.165, 1.54) is 17.0 Å². The van der Waals surface area contributed by atoms with E-state index in [0.717, 1.165) is 11.1 Å². The van der Waals surface area contributed by atoms with Crippen molar-refractivity contribution in [2.24, 2.45) is 0 Å². The molecule has 0 fully saturated rings. The number of nitrogens with one attached hydrogen (secondary N) is 1. The zero-order chi connectivity index (χ0) is 18.2. The predicted molar refractivity (Wildman–Crippen MR) is 94.5 cm³/mol. The average molecular weight is 346 g/mol. The normalized spacial score (nSPS) is 10.2. The maximum atomic E-state index is 13.2. The number of hydrogen-bond acceptors (Lipinski definition) is 3. The van der Waals surface area contributed by atoms with Gasteiger partial charge in [0.1, 0.15) is 5.82 Å². The summed E-state index contributed by atoms with van der Waals surface area (Å²) in [5.41, 5.74) is 1.78. The van der Waals surface area contributed by atoms with Gasteiger partial charge in [-0.3, -0.25) is 0 Å². The Balaban J connectivity index is 1.83. The molecule has 1 N–H and O–H groups in total. The van der Waals surface area contributed by atoms with Crippen LogP contribution in [0.1, 0.15) is 11.1 Å². The van der Waals surface area contributed by atoms with Crippen LogP contribution in [0.15, 0.2) is 42.5 Å². The molecular weight excluding hydrogens is 323 g/mol. The van der Waals surface area contributed by atoms with Crippen LogP contribution in [0.5, 0.6) is 11.5 Å². The second-order valence-electron chi connectivity index (χ2n) is 5.66. The smallest absolute Gasteiger partial charge is 0.317 e. The summed E-state index contributed by atoms with van der Waals surface area (Å²) >= 11 is 0. The van der Waals surface area contributed by atoms with Gasteiger partial charge in [-0.25, -0.2) is 9.18 Å². The minimum Gasteiger partial charge on any atom is -0.493 e. The van der Waals surface area contributed by atoms with Crippen LogP contribution in [0, 0.1) is 5.82 Å². The van der Waals surface area contributed by atoms with Crippen LogP contribution < -0.4 is 14.8 Å².